The van der Waals surface area contributed by atoms with Gasteiger partial charge in [0, 0.05) is 56.5 Å². The number of carbonyl (C=O) groups excluding carboxylic acids is 1. The number of fused-ring (bicyclic) bond motifs is 2. The van der Waals surface area contributed by atoms with Crippen molar-refractivity contribution in [1.82, 2.24) is 34.7 Å². The summed E-state index contributed by atoms with van der Waals surface area (Å²) in [5, 5.41) is 15.7. The minimum absolute atomic E-state index is 0.00646. The number of methoxy groups -OCH3 is 1. The molecule has 0 saturated carbocycles. The van der Waals surface area contributed by atoms with Crippen LogP contribution in [0.4, 0.5) is 11.5 Å². The van der Waals surface area contributed by atoms with Crippen LogP contribution in [0.25, 0.3) is 5.65 Å². The fourth-order valence-electron chi connectivity index (χ4n) is 6.60. The van der Waals surface area contributed by atoms with Crippen LogP contribution in [0.5, 0.6) is 0 Å². The van der Waals surface area contributed by atoms with Gasteiger partial charge in [-0.25, -0.2) is 19.3 Å². The molecule has 0 aliphatic carbocycles. The van der Waals surface area contributed by atoms with E-state index in [4.69, 9.17) is 27.0 Å². The number of hydrogen-bond donors (Lipinski definition) is 0. The Balaban J connectivity index is 1.04. The molecule has 0 bridgehead atoms. The van der Waals surface area contributed by atoms with Gasteiger partial charge < -0.3 is 19.4 Å². The second-order valence-corrected chi connectivity index (χ2v) is 13.5. The van der Waals surface area contributed by atoms with E-state index in [1.54, 1.807) is 17.4 Å². The van der Waals surface area contributed by atoms with Crippen molar-refractivity contribution in [3.63, 3.8) is 0 Å². The number of esters is 1. The third-order valence-electron chi connectivity index (χ3n) is 8.90. The average Bonchev–Trinajstić information content (AvgIpc) is 3.80. The van der Waals surface area contributed by atoms with Crippen molar-refractivity contribution in [2.24, 2.45) is 11.8 Å². The summed E-state index contributed by atoms with van der Waals surface area (Å²) in [4.78, 5) is 28.9. The van der Waals surface area contributed by atoms with Gasteiger partial charge in [-0.1, -0.05) is 25.2 Å². The molecule has 0 aromatic carbocycles. The first kappa shape index (κ1) is 27.1. The van der Waals surface area contributed by atoms with Gasteiger partial charge in [0.1, 0.15) is 20.8 Å². The largest absolute Gasteiger partial charge is 0.464 e. The van der Waals surface area contributed by atoms with Crippen LogP contribution in [0, 0.1) is 25.7 Å². The maximum absolute atomic E-state index is 11.9. The number of pyridine rings is 2. The summed E-state index contributed by atoms with van der Waals surface area (Å²) < 4.78 is 6.72. The number of anilines is 2. The predicted molar refractivity (Wildman–Crippen MR) is 165 cm³/mol. The van der Waals surface area contributed by atoms with Crippen molar-refractivity contribution in [3.05, 3.63) is 57.6 Å². The van der Waals surface area contributed by atoms with Crippen LogP contribution in [-0.4, -0.2) is 92.0 Å². The van der Waals surface area contributed by atoms with Crippen molar-refractivity contribution in [3.8, 4) is 0 Å². The Morgan fingerprint density at radius 3 is 2.60 bits per heavy atom. The van der Waals surface area contributed by atoms with E-state index in [2.05, 4.69) is 56.0 Å². The van der Waals surface area contributed by atoms with E-state index in [-0.39, 0.29) is 5.41 Å². The zero-order valence-corrected chi connectivity index (χ0v) is 25.8. The Labute approximate surface area is 253 Å². The summed E-state index contributed by atoms with van der Waals surface area (Å²) in [5.74, 6) is 1.91. The monoisotopic (exact) mass is 603 g/mol. The van der Waals surface area contributed by atoms with Crippen LogP contribution in [0.15, 0.2) is 30.5 Å². The molecule has 3 aliphatic heterocycles. The van der Waals surface area contributed by atoms with E-state index in [0.717, 1.165) is 78.4 Å². The van der Waals surface area contributed by atoms with Crippen LogP contribution in [0.1, 0.15) is 45.2 Å². The van der Waals surface area contributed by atoms with Gasteiger partial charge in [0.05, 0.1) is 19.0 Å². The summed E-state index contributed by atoms with van der Waals surface area (Å²) in [6.45, 7) is 11.7. The Kier molecular flexibility index (Phi) is 6.61. The van der Waals surface area contributed by atoms with Crippen LogP contribution >= 0.6 is 23.6 Å². The number of carbonyl (C=O) groups is 1. The Hall–Kier alpha value is -3.71. The van der Waals surface area contributed by atoms with Crippen molar-refractivity contribution >= 4 is 51.7 Å². The van der Waals surface area contributed by atoms with E-state index in [0.29, 0.717) is 28.3 Å². The average molecular weight is 604 g/mol. The molecule has 4 aromatic heterocycles. The van der Waals surface area contributed by atoms with E-state index >= 15 is 0 Å². The van der Waals surface area contributed by atoms with Crippen molar-refractivity contribution in [2.45, 2.75) is 32.6 Å². The molecule has 218 valence electrons. The van der Waals surface area contributed by atoms with E-state index in [1.165, 1.54) is 7.11 Å². The van der Waals surface area contributed by atoms with Crippen LogP contribution in [0.2, 0.25) is 0 Å². The summed E-state index contributed by atoms with van der Waals surface area (Å²) in [6, 6.07) is 7.69. The predicted octanol–water partition coefficient (Wildman–Crippen LogP) is 3.29. The number of nitrogens with zero attached hydrogens (tertiary/aromatic N) is 9. The van der Waals surface area contributed by atoms with Crippen LogP contribution in [0.3, 0.4) is 0 Å². The molecule has 0 amide bonds. The number of aryl methyl sites for hydroxylation is 2. The van der Waals surface area contributed by atoms with E-state index < -0.39 is 5.97 Å². The maximum Gasteiger partial charge on any atom is 0.356 e. The zero-order valence-electron chi connectivity index (χ0n) is 24.1. The summed E-state index contributed by atoms with van der Waals surface area (Å²) in [5.41, 5.74) is 3.36. The first-order valence-corrected chi connectivity index (χ1v) is 15.5. The molecule has 4 aromatic rings. The van der Waals surface area contributed by atoms with Crippen LogP contribution in [-0.2, 0) is 10.2 Å². The molecular weight excluding hydrogens is 571 g/mol. The van der Waals surface area contributed by atoms with Gasteiger partial charge in [0.25, 0.3) is 0 Å². The van der Waals surface area contributed by atoms with Gasteiger partial charge in [-0.15, -0.1) is 26.6 Å². The van der Waals surface area contributed by atoms with Crippen molar-refractivity contribution in [2.75, 3.05) is 56.2 Å². The Morgan fingerprint density at radius 1 is 1.10 bits per heavy atom. The van der Waals surface area contributed by atoms with Gasteiger partial charge in [-0.2, -0.15) is 0 Å². The fraction of sp³-hybridized carbons (Fsp3) is 0.483. The minimum Gasteiger partial charge on any atom is -0.464 e. The van der Waals surface area contributed by atoms with Gasteiger partial charge in [-0.05, 0) is 44.0 Å². The highest BCUT2D eigenvalue weighted by atomic mass is 32.1. The zero-order chi connectivity index (χ0) is 29.2. The normalized spacial score (nSPS) is 23.7. The number of rotatable bonds is 5. The highest BCUT2D eigenvalue weighted by Gasteiger charge is 2.42. The molecular formula is C29H33N9O2S2. The molecule has 3 unspecified atom stereocenters. The number of thiocarbonyl (C=S) groups is 1. The number of ether oxygens (including phenoxy) is 1. The second kappa shape index (κ2) is 10.2. The number of likely N-dealkylation sites (tertiary alicyclic amines) is 1. The highest BCUT2D eigenvalue weighted by molar-refractivity contribution is 7.80. The number of hydrogen-bond acceptors (Lipinski definition) is 11. The molecule has 13 heteroatoms. The molecule has 3 aliphatic rings. The first-order chi connectivity index (χ1) is 20.2. The van der Waals surface area contributed by atoms with E-state index in [1.807, 2.05) is 23.6 Å². The standard InChI is InChI=1S/C29H33N9O2S2/c1-17-10-21(35-9-8-29(3,16-35)28-33-32-18(2)42-28)15-38-25(17)31-24(34-38)26(41)37-13-19-11-36(12-20(19)14-37)23-7-5-6-22(30-23)27(39)40-4/h5-7,10,15,19-20H,8-9,11-14,16H2,1-4H3. The topological polar surface area (TPSA) is 105 Å². The SMILES string of the molecule is COC(=O)c1cccc(N2CC3CN(C(=S)c4nc5c(C)cc(N6CCC(C)(c7nnc(C)s7)C6)cn5n4)CC3C2)n1. The van der Waals surface area contributed by atoms with Crippen molar-refractivity contribution < 1.29 is 9.53 Å². The summed E-state index contributed by atoms with van der Waals surface area (Å²) in [7, 11) is 1.37. The molecule has 7 rings (SSSR count). The quantitative estimate of drug-likeness (QED) is 0.248. The maximum atomic E-state index is 11.9. The molecule has 0 N–H and O–H groups in total. The first-order valence-electron chi connectivity index (χ1n) is 14.2. The van der Waals surface area contributed by atoms with Crippen molar-refractivity contribution in [1.29, 1.82) is 0 Å². The summed E-state index contributed by atoms with van der Waals surface area (Å²) >= 11 is 7.63. The van der Waals surface area contributed by atoms with Gasteiger partial charge in [-0.3, -0.25) is 0 Å². The number of aromatic nitrogens is 6. The minimum atomic E-state index is -0.419. The lowest BCUT2D eigenvalue weighted by molar-refractivity contribution is 0.0594. The third-order valence-corrected chi connectivity index (χ3v) is 10.5. The van der Waals surface area contributed by atoms with Gasteiger partial charge in [0.2, 0.25) is 5.82 Å². The van der Waals surface area contributed by atoms with Gasteiger partial charge in [0.15, 0.2) is 11.3 Å². The molecule has 3 saturated heterocycles. The molecule has 42 heavy (non-hydrogen) atoms. The molecule has 11 nitrogen and oxygen atoms in total. The van der Waals surface area contributed by atoms with Crippen LogP contribution < -0.4 is 9.80 Å². The van der Waals surface area contributed by atoms with Gasteiger partial charge >= 0.3 is 5.97 Å². The lowest BCUT2D eigenvalue weighted by Gasteiger charge is -2.23. The molecule has 0 spiro atoms. The Morgan fingerprint density at radius 2 is 1.88 bits per heavy atom. The molecule has 3 fully saturated rings. The third kappa shape index (κ3) is 4.68. The molecule has 7 heterocycles. The Bertz CT molecular complexity index is 1690. The smallest absolute Gasteiger partial charge is 0.356 e. The lowest BCUT2D eigenvalue weighted by Crippen LogP contribution is -2.33. The van der Waals surface area contributed by atoms with E-state index in [9.17, 15) is 4.79 Å². The molecule has 3 atom stereocenters. The summed E-state index contributed by atoms with van der Waals surface area (Å²) in [6.07, 6.45) is 3.11. The highest BCUT2D eigenvalue weighted by Crippen LogP contribution is 2.38. The lowest BCUT2D eigenvalue weighted by atomic mass is 9.91. The fourth-order valence-corrected chi connectivity index (χ4v) is 7.69. The second-order valence-electron chi connectivity index (χ2n) is 12.0. The molecule has 0 radical (unpaired) electrons.